The van der Waals surface area contributed by atoms with Gasteiger partial charge in [0.1, 0.15) is 0 Å². The molecule has 0 bridgehead atoms. The van der Waals surface area contributed by atoms with E-state index < -0.39 is 9.71 Å². The Morgan fingerprint density at radius 3 is 2.73 bits per heavy atom. The Balaban J connectivity index is 2.50. The van der Waals surface area contributed by atoms with Gasteiger partial charge in [0, 0.05) is 0 Å². The number of rotatable bonds is 4. The first-order valence-corrected chi connectivity index (χ1v) is 9.00. The Bertz CT molecular complexity index is 830. The van der Waals surface area contributed by atoms with Crippen LogP contribution in [0.3, 0.4) is 0 Å². The highest BCUT2D eigenvalue weighted by atomic mass is 79.9. The molecule has 22 heavy (non-hydrogen) atoms. The normalized spacial score (nSPS) is 13.5. The van der Waals surface area contributed by atoms with E-state index in [1.807, 2.05) is 0 Å². The van der Waals surface area contributed by atoms with Crippen LogP contribution in [0, 0.1) is 0 Å². The van der Waals surface area contributed by atoms with Crippen molar-refractivity contribution in [2.75, 3.05) is 17.6 Å². The second-order valence-corrected chi connectivity index (χ2v) is 7.62. The molecule has 1 unspecified atom stereocenters. The molecule has 0 spiro atoms. The summed E-state index contributed by atoms with van der Waals surface area (Å²) in [7, 11) is -1.65. The van der Waals surface area contributed by atoms with E-state index in [4.69, 9.17) is 33.7 Å². The average Bonchev–Trinajstić information content (AvgIpc) is 2.45. The van der Waals surface area contributed by atoms with Gasteiger partial charge in [0.05, 0.1) is 31.8 Å². The Kier molecular flexibility index (Phi) is 5.06. The summed E-state index contributed by atoms with van der Waals surface area (Å²) in [6, 6.07) is 4.76. The minimum absolute atomic E-state index is 0.0826. The predicted molar refractivity (Wildman–Crippen MR) is 94.3 cm³/mol. The summed E-state index contributed by atoms with van der Waals surface area (Å²) in [5.41, 5.74) is 5.68. The smallest absolute Gasteiger partial charge is 0.259 e. The maximum Gasteiger partial charge on any atom is 0.259 e. The molecule has 0 radical (unpaired) electrons. The second-order valence-electron chi connectivity index (χ2n) is 4.09. The van der Waals surface area contributed by atoms with Crippen LogP contribution in [-0.4, -0.2) is 27.2 Å². The number of hydrogen-bond donors (Lipinski definition) is 2. The summed E-state index contributed by atoms with van der Waals surface area (Å²) in [6.45, 7) is 0. The minimum Gasteiger partial charge on any atom is -0.478 e. The molecule has 1 atom stereocenters. The molecule has 1 aromatic carbocycles. The molecule has 0 saturated heterocycles. The number of nitrogens with two attached hydrogens (primary N) is 1. The van der Waals surface area contributed by atoms with Crippen LogP contribution in [0.4, 0.5) is 11.6 Å². The summed E-state index contributed by atoms with van der Waals surface area (Å²) in [4.78, 5) is 8.33. The summed E-state index contributed by atoms with van der Waals surface area (Å²) >= 11 is 15.2. The first-order chi connectivity index (χ1) is 10.3. The second kappa shape index (κ2) is 6.49. The summed E-state index contributed by atoms with van der Waals surface area (Å²) in [5, 5.41) is 0.416. The van der Waals surface area contributed by atoms with Gasteiger partial charge in [-0.15, -0.1) is 0 Å². The zero-order chi connectivity index (χ0) is 16.5. The molecule has 0 fully saturated rings. The molecular weight excluding hydrogens is 415 g/mol. The van der Waals surface area contributed by atoms with Gasteiger partial charge in [-0.2, -0.15) is 4.98 Å². The molecular formula is C12H11BrCl2N4O2S. The van der Waals surface area contributed by atoms with E-state index in [1.54, 1.807) is 18.2 Å². The lowest BCUT2D eigenvalue weighted by Gasteiger charge is -2.16. The number of ether oxygens (including phenoxy) is 1. The van der Waals surface area contributed by atoms with Crippen molar-refractivity contribution in [1.29, 1.82) is 0 Å². The lowest BCUT2D eigenvalue weighted by Crippen LogP contribution is -2.16. The summed E-state index contributed by atoms with van der Waals surface area (Å²) in [6.07, 6.45) is 0. The number of halogens is 3. The van der Waals surface area contributed by atoms with Gasteiger partial charge in [0.2, 0.25) is 5.82 Å². The van der Waals surface area contributed by atoms with E-state index in [1.165, 1.54) is 7.11 Å². The molecule has 6 nitrogen and oxygen atoms in total. The first-order valence-electron chi connectivity index (χ1n) is 5.72. The monoisotopic (exact) mass is 424 g/mol. The van der Waals surface area contributed by atoms with Crippen molar-refractivity contribution in [2.24, 2.45) is 0 Å². The highest BCUT2D eigenvalue weighted by molar-refractivity contribution is 9.10. The highest BCUT2D eigenvalue weighted by Crippen LogP contribution is 2.32. The number of nitrogens with zero attached hydrogens (tertiary/aromatic N) is 2. The van der Waals surface area contributed by atoms with Gasteiger partial charge in [-0.05, 0) is 33.9 Å². The Morgan fingerprint density at radius 2 is 2.09 bits per heavy atom. The summed E-state index contributed by atoms with van der Waals surface area (Å²) in [5.74, 6) is 3.96. The van der Waals surface area contributed by atoms with Crippen LogP contribution in [-0.2, 0) is 9.71 Å². The standard InChI is InChI=1S/C12H11BrCl2N4O2S/c1-21-12-11(18-10(16)9(13)17-12)19-22(2,20)7-5-3-4-6(14)8(7)15/h3-5H,2H2,1H3,(H3,16,18,19,20). The number of nitrogens with one attached hydrogen (secondary N) is 1. The van der Waals surface area contributed by atoms with Crippen molar-refractivity contribution < 1.29 is 8.95 Å². The minimum atomic E-state index is -3.05. The van der Waals surface area contributed by atoms with Crippen LogP contribution in [0.5, 0.6) is 5.88 Å². The van der Waals surface area contributed by atoms with Gasteiger partial charge in [-0.25, -0.2) is 9.19 Å². The van der Waals surface area contributed by atoms with Crippen LogP contribution in [0.1, 0.15) is 0 Å². The van der Waals surface area contributed by atoms with Crippen LogP contribution in [0.2, 0.25) is 10.0 Å². The van der Waals surface area contributed by atoms with E-state index in [0.29, 0.717) is 4.60 Å². The molecule has 0 amide bonds. The zero-order valence-corrected chi connectivity index (χ0v) is 15.2. The molecule has 0 saturated carbocycles. The van der Waals surface area contributed by atoms with Gasteiger partial charge in [0.25, 0.3) is 5.88 Å². The molecule has 1 heterocycles. The molecule has 0 aliphatic carbocycles. The van der Waals surface area contributed by atoms with Crippen LogP contribution < -0.4 is 15.2 Å². The fourth-order valence-electron chi connectivity index (χ4n) is 1.57. The van der Waals surface area contributed by atoms with Crippen molar-refractivity contribution >= 4 is 66.3 Å². The number of aromatic nitrogens is 2. The SMILES string of the molecule is C=S(=O)(Nc1nc(N)c(Br)nc1OC)c1cccc(Cl)c1Cl. The quantitative estimate of drug-likeness (QED) is 0.733. The predicted octanol–water partition coefficient (Wildman–Crippen LogP) is 3.24. The van der Waals surface area contributed by atoms with Crippen LogP contribution >= 0.6 is 39.1 Å². The number of nitrogen functional groups attached to an aromatic ring is 1. The Morgan fingerprint density at radius 1 is 1.41 bits per heavy atom. The average molecular weight is 426 g/mol. The third kappa shape index (κ3) is 3.40. The molecule has 0 aliphatic rings. The van der Waals surface area contributed by atoms with E-state index in [2.05, 4.69) is 36.5 Å². The number of methoxy groups -OCH3 is 1. The third-order valence-corrected chi connectivity index (χ3v) is 5.66. The molecule has 1 aromatic heterocycles. The van der Waals surface area contributed by atoms with Crippen molar-refractivity contribution in [1.82, 2.24) is 9.97 Å². The van der Waals surface area contributed by atoms with Crippen LogP contribution in [0.25, 0.3) is 0 Å². The first kappa shape index (κ1) is 17.1. The Labute approximate surface area is 146 Å². The van der Waals surface area contributed by atoms with Gasteiger partial charge >= 0.3 is 0 Å². The Hall–Kier alpha value is -1.22. The van der Waals surface area contributed by atoms with Crippen molar-refractivity contribution in [3.05, 3.63) is 32.8 Å². The maximum atomic E-state index is 12.9. The lowest BCUT2D eigenvalue weighted by atomic mass is 10.4. The fourth-order valence-corrected chi connectivity index (χ4v) is 3.81. The number of anilines is 2. The van der Waals surface area contributed by atoms with E-state index >= 15 is 0 Å². The third-order valence-electron chi connectivity index (χ3n) is 2.57. The molecule has 118 valence electrons. The number of hydrogen-bond acceptors (Lipinski definition) is 5. The van der Waals surface area contributed by atoms with Crippen molar-refractivity contribution in [3.63, 3.8) is 0 Å². The van der Waals surface area contributed by atoms with Gasteiger partial charge < -0.3 is 10.5 Å². The number of benzene rings is 1. The van der Waals surface area contributed by atoms with Crippen molar-refractivity contribution in [2.45, 2.75) is 4.90 Å². The van der Waals surface area contributed by atoms with Crippen molar-refractivity contribution in [3.8, 4) is 5.88 Å². The van der Waals surface area contributed by atoms with Gasteiger partial charge in [-0.3, -0.25) is 4.72 Å². The fraction of sp³-hybridized carbons (Fsp3) is 0.0833. The van der Waals surface area contributed by atoms with E-state index in [9.17, 15) is 4.21 Å². The van der Waals surface area contributed by atoms with E-state index in [0.717, 1.165) is 0 Å². The maximum absolute atomic E-state index is 12.9. The lowest BCUT2D eigenvalue weighted by molar-refractivity contribution is 0.398. The molecule has 3 N–H and O–H groups in total. The molecule has 10 heteroatoms. The molecule has 2 rings (SSSR count). The topological polar surface area (TPSA) is 90.1 Å². The zero-order valence-electron chi connectivity index (χ0n) is 11.3. The molecule has 2 aromatic rings. The van der Waals surface area contributed by atoms with E-state index in [-0.39, 0.29) is 32.5 Å². The largest absolute Gasteiger partial charge is 0.478 e. The van der Waals surface area contributed by atoms with Gasteiger partial charge in [0.15, 0.2) is 10.4 Å². The molecule has 0 aliphatic heterocycles. The summed E-state index contributed by atoms with van der Waals surface area (Å²) < 4.78 is 20.9. The van der Waals surface area contributed by atoms with Gasteiger partial charge in [-0.1, -0.05) is 29.3 Å². The van der Waals surface area contributed by atoms with Crippen LogP contribution in [0.15, 0.2) is 27.7 Å². The highest BCUT2D eigenvalue weighted by Gasteiger charge is 2.19.